The zero-order chi connectivity index (χ0) is 14.7. The number of hydrogen-bond donors (Lipinski definition) is 1. The lowest BCUT2D eigenvalue weighted by atomic mass is 9.96. The normalized spacial score (nSPS) is 23.8. The van der Waals surface area contributed by atoms with Crippen LogP contribution in [0.1, 0.15) is 37.7 Å². The number of benzene rings is 1. The van der Waals surface area contributed by atoms with Crippen molar-refractivity contribution in [2.24, 2.45) is 4.99 Å². The minimum Gasteiger partial charge on any atom is -0.301 e. The molecule has 1 aromatic carbocycles. The Morgan fingerprint density at radius 2 is 2.10 bits per heavy atom. The van der Waals surface area contributed by atoms with Gasteiger partial charge in [-0.25, -0.2) is 0 Å². The van der Waals surface area contributed by atoms with E-state index in [0.29, 0.717) is 16.0 Å². The molecule has 1 saturated heterocycles. The maximum atomic E-state index is 12.0. The Hall–Kier alpha value is -1.26. The number of amides is 1. The van der Waals surface area contributed by atoms with E-state index in [4.69, 9.17) is 11.6 Å². The highest BCUT2D eigenvalue weighted by atomic mass is 35.5. The molecule has 0 unspecified atom stereocenters. The zero-order valence-electron chi connectivity index (χ0n) is 11.6. The molecule has 2 fully saturated rings. The van der Waals surface area contributed by atoms with Crippen LogP contribution < -0.4 is 5.32 Å². The fourth-order valence-electron chi connectivity index (χ4n) is 2.61. The van der Waals surface area contributed by atoms with E-state index in [1.807, 2.05) is 30.3 Å². The van der Waals surface area contributed by atoms with Gasteiger partial charge in [0.15, 0.2) is 5.17 Å². The van der Waals surface area contributed by atoms with Crippen molar-refractivity contribution >= 4 is 40.5 Å². The van der Waals surface area contributed by atoms with E-state index in [0.717, 1.165) is 23.6 Å². The summed E-state index contributed by atoms with van der Waals surface area (Å²) in [6, 6.07) is 7.85. The van der Waals surface area contributed by atoms with Crippen LogP contribution in [-0.4, -0.2) is 17.1 Å². The van der Waals surface area contributed by atoms with Crippen molar-refractivity contribution in [2.75, 3.05) is 0 Å². The van der Waals surface area contributed by atoms with Crippen LogP contribution in [0.3, 0.4) is 0 Å². The molecule has 0 atom stereocenters. The monoisotopic (exact) mass is 320 g/mol. The number of rotatable bonds is 2. The van der Waals surface area contributed by atoms with Gasteiger partial charge in [0.1, 0.15) is 0 Å². The Morgan fingerprint density at radius 3 is 2.86 bits per heavy atom. The first kappa shape index (κ1) is 14.7. The highest BCUT2D eigenvalue weighted by Crippen LogP contribution is 2.29. The molecule has 0 spiro atoms. The number of carbonyl (C=O) groups excluding carboxylic acids is 1. The zero-order valence-corrected chi connectivity index (χ0v) is 13.2. The number of amidine groups is 1. The van der Waals surface area contributed by atoms with Gasteiger partial charge in [-0.3, -0.25) is 9.79 Å². The number of nitrogens with zero attached hydrogens (tertiary/aromatic N) is 1. The summed E-state index contributed by atoms with van der Waals surface area (Å²) in [7, 11) is 0. The van der Waals surface area contributed by atoms with Gasteiger partial charge in [-0.2, -0.15) is 0 Å². The van der Waals surface area contributed by atoms with E-state index in [2.05, 4.69) is 10.3 Å². The molecular formula is C16H17ClN2OS. The van der Waals surface area contributed by atoms with Crippen LogP contribution in [-0.2, 0) is 4.79 Å². The highest BCUT2D eigenvalue weighted by molar-refractivity contribution is 8.18. The molecule has 1 aromatic rings. The van der Waals surface area contributed by atoms with Crippen LogP contribution in [0.5, 0.6) is 0 Å². The second kappa shape index (κ2) is 6.67. The second-order valence-electron chi connectivity index (χ2n) is 5.35. The van der Waals surface area contributed by atoms with E-state index in [9.17, 15) is 4.79 Å². The molecule has 110 valence electrons. The number of hydrogen-bond acceptors (Lipinski definition) is 3. The number of nitrogens with one attached hydrogen (secondary N) is 1. The predicted octanol–water partition coefficient (Wildman–Crippen LogP) is 4.23. The third-order valence-corrected chi connectivity index (χ3v) is 4.83. The van der Waals surface area contributed by atoms with Crippen LogP contribution in [0.15, 0.2) is 34.2 Å². The van der Waals surface area contributed by atoms with Crippen LogP contribution in [0.25, 0.3) is 6.08 Å². The van der Waals surface area contributed by atoms with Gasteiger partial charge in [-0.05, 0) is 48.4 Å². The van der Waals surface area contributed by atoms with Crippen LogP contribution in [0.4, 0.5) is 0 Å². The fourth-order valence-corrected chi connectivity index (χ4v) is 3.70. The predicted molar refractivity (Wildman–Crippen MR) is 89.5 cm³/mol. The minimum atomic E-state index is -0.0745. The Kier molecular flexibility index (Phi) is 4.66. The SMILES string of the molecule is O=C1NC(=NC2CCCCC2)S/C1=C\c1cccc(Cl)c1. The number of carbonyl (C=O) groups is 1. The standard InChI is InChI=1S/C16H17ClN2OS/c17-12-6-4-5-11(9-12)10-14-15(20)19-16(21-14)18-13-7-2-1-3-8-13/h4-6,9-10,13H,1-3,7-8H2,(H,18,19,20)/b14-10-. The maximum absolute atomic E-state index is 12.0. The summed E-state index contributed by atoms with van der Waals surface area (Å²) in [5.41, 5.74) is 0.930. The van der Waals surface area contributed by atoms with Gasteiger partial charge >= 0.3 is 0 Å². The largest absolute Gasteiger partial charge is 0.301 e. The van der Waals surface area contributed by atoms with E-state index < -0.39 is 0 Å². The highest BCUT2D eigenvalue weighted by Gasteiger charge is 2.25. The quantitative estimate of drug-likeness (QED) is 0.828. The lowest BCUT2D eigenvalue weighted by molar-refractivity contribution is -0.115. The molecule has 0 bridgehead atoms. The van der Waals surface area contributed by atoms with Crippen molar-refractivity contribution in [3.05, 3.63) is 39.8 Å². The van der Waals surface area contributed by atoms with Gasteiger partial charge in [0.25, 0.3) is 5.91 Å². The first-order valence-electron chi connectivity index (χ1n) is 7.25. The van der Waals surface area contributed by atoms with Gasteiger partial charge in [0.2, 0.25) is 0 Å². The molecule has 1 aliphatic heterocycles. The third kappa shape index (κ3) is 3.89. The Labute approximate surface area is 133 Å². The van der Waals surface area contributed by atoms with Crippen LogP contribution in [0, 0.1) is 0 Å². The van der Waals surface area contributed by atoms with Gasteiger partial charge < -0.3 is 5.32 Å². The van der Waals surface area contributed by atoms with Gasteiger partial charge in [-0.1, -0.05) is 43.0 Å². The summed E-state index contributed by atoms with van der Waals surface area (Å²) in [6.45, 7) is 0. The first-order chi connectivity index (χ1) is 10.2. The molecule has 2 aliphatic rings. The molecular weight excluding hydrogens is 304 g/mol. The van der Waals surface area contributed by atoms with Crippen molar-refractivity contribution in [2.45, 2.75) is 38.1 Å². The number of thioether (sulfide) groups is 1. The van der Waals surface area contributed by atoms with Gasteiger partial charge in [-0.15, -0.1) is 0 Å². The molecule has 3 rings (SSSR count). The molecule has 21 heavy (non-hydrogen) atoms. The third-order valence-electron chi connectivity index (χ3n) is 3.67. The molecule has 0 radical (unpaired) electrons. The maximum Gasteiger partial charge on any atom is 0.264 e. The first-order valence-corrected chi connectivity index (χ1v) is 8.44. The molecule has 5 heteroatoms. The topological polar surface area (TPSA) is 41.5 Å². The lowest BCUT2D eigenvalue weighted by Gasteiger charge is -2.17. The van der Waals surface area contributed by atoms with E-state index in [-0.39, 0.29) is 5.91 Å². The molecule has 1 aliphatic carbocycles. The Morgan fingerprint density at radius 1 is 1.29 bits per heavy atom. The Bertz CT molecular complexity index is 606. The van der Waals surface area contributed by atoms with Crippen molar-refractivity contribution in [3.63, 3.8) is 0 Å². The van der Waals surface area contributed by atoms with Crippen LogP contribution in [0.2, 0.25) is 5.02 Å². The summed E-state index contributed by atoms with van der Waals surface area (Å²) in [6.07, 6.45) is 7.91. The summed E-state index contributed by atoms with van der Waals surface area (Å²) in [5, 5.41) is 4.27. The van der Waals surface area contributed by atoms with E-state index in [1.165, 1.54) is 31.0 Å². The minimum absolute atomic E-state index is 0.0745. The van der Waals surface area contributed by atoms with Gasteiger partial charge in [0.05, 0.1) is 10.9 Å². The van der Waals surface area contributed by atoms with Crippen molar-refractivity contribution in [1.29, 1.82) is 0 Å². The molecule has 1 saturated carbocycles. The number of halogens is 1. The fraction of sp³-hybridized carbons (Fsp3) is 0.375. The summed E-state index contributed by atoms with van der Waals surface area (Å²) < 4.78 is 0. The molecule has 1 N–H and O–H groups in total. The summed E-state index contributed by atoms with van der Waals surface area (Å²) in [4.78, 5) is 17.4. The lowest BCUT2D eigenvalue weighted by Crippen LogP contribution is -2.22. The Balaban J connectivity index is 1.73. The average Bonchev–Trinajstić information content (AvgIpc) is 2.80. The van der Waals surface area contributed by atoms with Crippen LogP contribution >= 0.6 is 23.4 Å². The second-order valence-corrected chi connectivity index (χ2v) is 6.81. The van der Waals surface area contributed by atoms with E-state index in [1.54, 1.807) is 0 Å². The van der Waals surface area contributed by atoms with E-state index >= 15 is 0 Å². The summed E-state index contributed by atoms with van der Waals surface area (Å²) >= 11 is 7.38. The van der Waals surface area contributed by atoms with Crippen molar-refractivity contribution < 1.29 is 4.79 Å². The number of aliphatic imine (C=N–C) groups is 1. The summed E-state index contributed by atoms with van der Waals surface area (Å²) in [5.74, 6) is -0.0745. The molecule has 3 nitrogen and oxygen atoms in total. The smallest absolute Gasteiger partial charge is 0.264 e. The molecule has 1 amide bonds. The van der Waals surface area contributed by atoms with Crippen molar-refractivity contribution in [1.82, 2.24) is 5.32 Å². The van der Waals surface area contributed by atoms with Gasteiger partial charge in [0, 0.05) is 5.02 Å². The molecule has 1 heterocycles. The van der Waals surface area contributed by atoms with Crippen molar-refractivity contribution in [3.8, 4) is 0 Å². The average molecular weight is 321 g/mol. The molecule has 0 aromatic heterocycles.